The lowest BCUT2D eigenvalue weighted by Crippen LogP contribution is -2.07. The van der Waals surface area contributed by atoms with Gasteiger partial charge in [-0.3, -0.25) is 4.98 Å². The SMILES string of the molecule is CCOC(=O)c1cnc2cc(Sc3ccccc3)c(Sc3ccccc3)cc2c1Sc1ccccc1. The fraction of sp³-hybridized carbons (Fsp3) is 0.0667. The average Bonchev–Trinajstić information content (AvgIpc) is 2.91. The minimum Gasteiger partial charge on any atom is -0.462 e. The van der Waals surface area contributed by atoms with Gasteiger partial charge in [0.2, 0.25) is 0 Å². The van der Waals surface area contributed by atoms with Crippen LogP contribution in [0.5, 0.6) is 0 Å². The molecule has 0 aliphatic heterocycles. The van der Waals surface area contributed by atoms with Crippen molar-refractivity contribution in [3.8, 4) is 0 Å². The average molecular weight is 526 g/mol. The number of benzene rings is 4. The molecule has 0 radical (unpaired) electrons. The van der Waals surface area contributed by atoms with E-state index in [1.54, 1.807) is 41.5 Å². The maximum absolute atomic E-state index is 12.9. The van der Waals surface area contributed by atoms with Crippen molar-refractivity contribution in [3.63, 3.8) is 0 Å². The molecule has 3 nitrogen and oxygen atoms in total. The zero-order valence-corrected chi connectivity index (χ0v) is 22.0. The van der Waals surface area contributed by atoms with Gasteiger partial charge >= 0.3 is 5.97 Å². The number of carbonyl (C=O) groups is 1. The van der Waals surface area contributed by atoms with Crippen LogP contribution >= 0.6 is 35.3 Å². The summed E-state index contributed by atoms with van der Waals surface area (Å²) in [6, 6.07) is 35.1. The van der Waals surface area contributed by atoms with E-state index < -0.39 is 0 Å². The number of fused-ring (bicyclic) bond motifs is 1. The molecule has 6 heteroatoms. The van der Waals surface area contributed by atoms with Gasteiger partial charge in [0.15, 0.2) is 0 Å². The first-order valence-corrected chi connectivity index (χ1v) is 14.0. The predicted octanol–water partition coefficient (Wildman–Crippen LogP) is 8.87. The molecule has 1 aromatic heterocycles. The first kappa shape index (κ1) is 24.5. The summed E-state index contributed by atoms with van der Waals surface area (Å²) in [5, 5.41) is 0.935. The van der Waals surface area contributed by atoms with Gasteiger partial charge < -0.3 is 4.74 Å². The third kappa shape index (κ3) is 5.78. The minimum absolute atomic E-state index is 0.314. The fourth-order valence-corrected chi connectivity index (χ4v) is 6.70. The van der Waals surface area contributed by atoms with Crippen molar-refractivity contribution in [1.82, 2.24) is 4.98 Å². The molecule has 0 amide bonds. The summed E-state index contributed by atoms with van der Waals surface area (Å²) in [6.45, 7) is 2.13. The lowest BCUT2D eigenvalue weighted by atomic mass is 10.1. The normalized spacial score (nSPS) is 10.9. The van der Waals surface area contributed by atoms with Crippen molar-refractivity contribution in [2.45, 2.75) is 36.3 Å². The Morgan fingerprint density at radius 1 is 0.722 bits per heavy atom. The van der Waals surface area contributed by atoms with Gasteiger partial charge in [-0.25, -0.2) is 4.79 Å². The van der Waals surface area contributed by atoms with Crippen LogP contribution in [0, 0.1) is 0 Å². The van der Waals surface area contributed by atoms with Crippen molar-refractivity contribution in [1.29, 1.82) is 0 Å². The molecule has 0 aliphatic rings. The Bertz CT molecular complexity index is 1480. The Morgan fingerprint density at radius 3 is 1.75 bits per heavy atom. The molecule has 0 atom stereocenters. The standard InChI is InChI=1S/C30H23NO2S3/c1-2-33-30(32)25-20-31-26-19-28(35-22-14-8-4-9-15-22)27(34-21-12-6-3-7-13-21)18-24(26)29(25)36-23-16-10-5-11-17-23/h3-20H,2H2,1H3. The number of hydrogen-bond donors (Lipinski definition) is 0. The summed E-state index contributed by atoms with van der Waals surface area (Å²) in [5.74, 6) is -0.356. The van der Waals surface area contributed by atoms with Crippen molar-refractivity contribution in [3.05, 3.63) is 115 Å². The molecule has 0 aliphatic carbocycles. The number of ether oxygens (including phenoxy) is 1. The van der Waals surface area contributed by atoms with Crippen LogP contribution in [0.3, 0.4) is 0 Å². The summed E-state index contributed by atoms with van der Waals surface area (Å²) >= 11 is 5.00. The highest BCUT2D eigenvalue weighted by atomic mass is 32.2. The van der Waals surface area contributed by atoms with Gasteiger partial charge in [-0.2, -0.15) is 0 Å². The third-order valence-corrected chi connectivity index (χ3v) is 8.70. The van der Waals surface area contributed by atoms with E-state index in [1.807, 2.05) is 73.7 Å². The molecule has 4 aromatic carbocycles. The largest absolute Gasteiger partial charge is 0.462 e. The van der Waals surface area contributed by atoms with Crippen LogP contribution in [0.25, 0.3) is 10.9 Å². The highest BCUT2D eigenvalue weighted by Crippen LogP contribution is 2.44. The molecule has 0 fully saturated rings. The smallest absolute Gasteiger partial charge is 0.340 e. The Labute approximate surface area is 223 Å². The maximum Gasteiger partial charge on any atom is 0.340 e. The van der Waals surface area contributed by atoms with E-state index in [2.05, 4.69) is 36.4 Å². The Balaban J connectivity index is 1.68. The third-order valence-electron chi connectivity index (χ3n) is 5.28. The lowest BCUT2D eigenvalue weighted by molar-refractivity contribution is 0.0522. The van der Waals surface area contributed by atoms with Crippen LogP contribution in [0.1, 0.15) is 17.3 Å². The summed E-state index contributed by atoms with van der Waals surface area (Å²) in [7, 11) is 0. The molecule has 5 aromatic rings. The molecular weight excluding hydrogens is 503 g/mol. The van der Waals surface area contributed by atoms with E-state index in [9.17, 15) is 4.79 Å². The van der Waals surface area contributed by atoms with E-state index in [0.717, 1.165) is 40.3 Å². The fourth-order valence-electron chi connectivity index (χ4n) is 3.64. The molecule has 5 rings (SSSR count). The number of carbonyl (C=O) groups excluding carboxylic acids is 1. The van der Waals surface area contributed by atoms with E-state index in [1.165, 1.54) is 0 Å². The van der Waals surface area contributed by atoms with Gasteiger partial charge in [-0.15, -0.1) is 0 Å². The number of nitrogens with zero attached hydrogens (tertiary/aromatic N) is 1. The number of esters is 1. The minimum atomic E-state index is -0.356. The second kappa shape index (κ2) is 11.7. The van der Waals surface area contributed by atoms with E-state index in [4.69, 9.17) is 9.72 Å². The lowest BCUT2D eigenvalue weighted by Gasteiger charge is -2.15. The molecule has 0 N–H and O–H groups in total. The molecule has 1 heterocycles. The number of hydrogen-bond acceptors (Lipinski definition) is 6. The second-order valence-corrected chi connectivity index (χ2v) is 11.1. The second-order valence-electron chi connectivity index (χ2n) is 7.78. The van der Waals surface area contributed by atoms with Crippen LogP contribution in [0.2, 0.25) is 0 Å². The molecule has 0 spiro atoms. The Morgan fingerprint density at radius 2 is 1.22 bits per heavy atom. The first-order chi connectivity index (χ1) is 17.7. The summed E-state index contributed by atoms with van der Waals surface area (Å²) in [5.41, 5.74) is 1.33. The molecule has 0 bridgehead atoms. The van der Waals surface area contributed by atoms with Crippen LogP contribution in [0.4, 0.5) is 0 Å². The maximum atomic E-state index is 12.9. The van der Waals surface area contributed by atoms with Gasteiger partial charge in [0.05, 0.1) is 17.7 Å². The predicted molar refractivity (Wildman–Crippen MR) is 149 cm³/mol. The van der Waals surface area contributed by atoms with Crippen molar-refractivity contribution >= 4 is 52.2 Å². The topological polar surface area (TPSA) is 39.2 Å². The van der Waals surface area contributed by atoms with Crippen LogP contribution in [-0.4, -0.2) is 17.6 Å². The molecular formula is C30H23NO2S3. The highest BCUT2D eigenvalue weighted by Gasteiger charge is 2.20. The van der Waals surface area contributed by atoms with Crippen LogP contribution in [-0.2, 0) is 4.74 Å². The zero-order chi connectivity index (χ0) is 24.7. The van der Waals surface area contributed by atoms with Crippen molar-refractivity contribution in [2.24, 2.45) is 0 Å². The number of rotatable bonds is 8. The molecule has 0 unspecified atom stereocenters. The first-order valence-electron chi connectivity index (χ1n) is 11.5. The van der Waals surface area contributed by atoms with E-state index in [-0.39, 0.29) is 5.97 Å². The van der Waals surface area contributed by atoms with Crippen molar-refractivity contribution < 1.29 is 9.53 Å². The zero-order valence-electron chi connectivity index (χ0n) is 19.6. The van der Waals surface area contributed by atoms with Gasteiger partial charge in [-0.05, 0) is 55.5 Å². The van der Waals surface area contributed by atoms with Gasteiger partial charge in [0.1, 0.15) is 0 Å². The Hall–Kier alpha value is -3.19. The quantitative estimate of drug-likeness (QED) is 0.188. The molecule has 0 saturated heterocycles. The van der Waals surface area contributed by atoms with Crippen LogP contribution in [0.15, 0.2) is 139 Å². The number of pyridine rings is 1. The Kier molecular flexibility index (Phi) is 7.96. The van der Waals surface area contributed by atoms with Gasteiger partial charge in [0.25, 0.3) is 0 Å². The monoisotopic (exact) mass is 525 g/mol. The van der Waals surface area contributed by atoms with Gasteiger partial charge in [0, 0.05) is 41.0 Å². The molecule has 0 saturated carbocycles. The number of aromatic nitrogens is 1. The highest BCUT2D eigenvalue weighted by molar-refractivity contribution is 8.02. The van der Waals surface area contributed by atoms with E-state index >= 15 is 0 Å². The van der Waals surface area contributed by atoms with E-state index in [0.29, 0.717) is 12.2 Å². The summed E-state index contributed by atoms with van der Waals surface area (Å²) in [4.78, 5) is 24.1. The summed E-state index contributed by atoms with van der Waals surface area (Å²) < 4.78 is 5.38. The van der Waals surface area contributed by atoms with Gasteiger partial charge in [-0.1, -0.05) is 89.9 Å². The van der Waals surface area contributed by atoms with Crippen LogP contribution < -0.4 is 0 Å². The van der Waals surface area contributed by atoms with Crippen molar-refractivity contribution in [2.75, 3.05) is 6.61 Å². The summed E-state index contributed by atoms with van der Waals surface area (Å²) in [6.07, 6.45) is 1.65. The molecule has 178 valence electrons. The molecule has 36 heavy (non-hydrogen) atoms.